The number of benzene rings is 1. The summed E-state index contributed by atoms with van der Waals surface area (Å²) < 4.78 is 0. The van der Waals surface area contributed by atoms with Gasteiger partial charge < -0.3 is 25.8 Å². The van der Waals surface area contributed by atoms with Gasteiger partial charge in [-0.15, -0.1) is 0 Å². The maximum absolute atomic E-state index is 13.9. The van der Waals surface area contributed by atoms with Crippen LogP contribution < -0.4 is 16.0 Å². The van der Waals surface area contributed by atoms with E-state index < -0.39 is 12.1 Å². The molecule has 2 aliphatic rings. The molecule has 11 nitrogen and oxygen atoms in total. The molecule has 2 fully saturated rings. The molecule has 1 heterocycles. The van der Waals surface area contributed by atoms with E-state index in [1.54, 1.807) is 11.9 Å². The number of nitrogens with one attached hydrogen (secondary N) is 3. The second-order valence-electron chi connectivity index (χ2n) is 13.1. The van der Waals surface area contributed by atoms with Crippen molar-refractivity contribution in [3.63, 3.8) is 0 Å². The predicted molar refractivity (Wildman–Crippen MR) is 169 cm³/mol. The van der Waals surface area contributed by atoms with Gasteiger partial charge in [0.15, 0.2) is 0 Å². The van der Waals surface area contributed by atoms with Crippen molar-refractivity contribution in [2.45, 2.75) is 90.5 Å². The number of likely N-dealkylation sites (N-methyl/N-ethyl adjacent to an activating group) is 2. The summed E-state index contributed by atoms with van der Waals surface area (Å²) in [6, 6.07) is 7.58. The van der Waals surface area contributed by atoms with E-state index >= 15 is 0 Å². The number of nitrogens with zero attached hydrogens (tertiary/aromatic N) is 3. The molecular formula is C33H52N6O5. The van der Waals surface area contributed by atoms with E-state index in [0.717, 1.165) is 12.0 Å². The second-order valence-corrected chi connectivity index (χ2v) is 13.1. The minimum Gasteiger partial charge on any atom is -0.352 e. The molecule has 1 saturated carbocycles. The van der Waals surface area contributed by atoms with Gasteiger partial charge in [0, 0.05) is 26.2 Å². The van der Waals surface area contributed by atoms with Gasteiger partial charge in [-0.1, -0.05) is 64.4 Å². The number of hydrogen-bond acceptors (Lipinski definition) is 6. The van der Waals surface area contributed by atoms with Crippen molar-refractivity contribution in [2.75, 3.05) is 34.2 Å². The highest BCUT2D eigenvalue weighted by Crippen LogP contribution is 2.28. The molecule has 0 spiro atoms. The van der Waals surface area contributed by atoms with E-state index in [1.165, 1.54) is 4.90 Å². The lowest BCUT2D eigenvalue weighted by atomic mass is 9.99. The summed E-state index contributed by atoms with van der Waals surface area (Å²) >= 11 is 0. The first-order valence-electron chi connectivity index (χ1n) is 16.0. The fourth-order valence-corrected chi connectivity index (χ4v) is 6.69. The molecule has 44 heavy (non-hydrogen) atoms. The topological polar surface area (TPSA) is 131 Å². The average molecular weight is 613 g/mol. The zero-order valence-corrected chi connectivity index (χ0v) is 27.5. The SMILES string of the molecule is CC(C)C(C(=O)NCC(=O)N(C)C(C(=O)N1CCC[C@H]1C(=O)NC1CCCC1C(=O)NCc1ccccc1)C(C)C)N(C)C. The fraction of sp³-hybridized carbons (Fsp3) is 0.667. The first kappa shape index (κ1) is 35.0. The van der Waals surface area contributed by atoms with Crippen LogP contribution in [0.15, 0.2) is 30.3 Å². The summed E-state index contributed by atoms with van der Waals surface area (Å²) in [6.07, 6.45) is 3.44. The highest BCUT2D eigenvalue weighted by molar-refractivity contribution is 5.94. The van der Waals surface area contributed by atoms with Crippen molar-refractivity contribution in [2.24, 2.45) is 17.8 Å². The molecular weight excluding hydrogens is 560 g/mol. The van der Waals surface area contributed by atoms with Crippen LogP contribution in [0, 0.1) is 17.8 Å². The van der Waals surface area contributed by atoms with Crippen LogP contribution in [-0.4, -0.2) is 103 Å². The van der Waals surface area contributed by atoms with Crippen molar-refractivity contribution in [1.29, 1.82) is 0 Å². The van der Waals surface area contributed by atoms with Gasteiger partial charge in [-0.3, -0.25) is 28.9 Å². The van der Waals surface area contributed by atoms with Crippen LogP contribution in [0.25, 0.3) is 0 Å². The first-order chi connectivity index (χ1) is 20.8. The number of rotatable bonds is 13. The number of carbonyl (C=O) groups excluding carboxylic acids is 5. The van der Waals surface area contributed by atoms with Crippen molar-refractivity contribution < 1.29 is 24.0 Å². The highest BCUT2D eigenvalue weighted by atomic mass is 16.2. The number of carbonyl (C=O) groups is 5. The Morgan fingerprint density at radius 2 is 1.50 bits per heavy atom. The predicted octanol–water partition coefficient (Wildman–Crippen LogP) is 1.76. The molecule has 11 heteroatoms. The monoisotopic (exact) mass is 612 g/mol. The Labute approximate surface area is 262 Å². The van der Waals surface area contributed by atoms with Gasteiger partial charge >= 0.3 is 0 Å². The third-order valence-corrected chi connectivity index (χ3v) is 8.89. The second kappa shape index (κ2) is 16.0. The molecule has 3 N–H and O–H groups in total. The van der Waals surface area contributed by atoms with Crippen LogP contribution in [0.2, 0.25) is 0 Å². The summed E-state index contributed by atoms with van der Waals surface area (Å²) in [5.74, 6) is -1.70. The Morgan fingerprint density at radius 1 is 0.841 bits per heavy atom. The van der Waals surface area contributed by atoms with Crippen LogP contribution in [0.1, 0.15) is 65.4 Å². The Morgan fingerprint density at radius 3 is 2.11 bits per heavy atom. The van der Waals surface area contributed by atoms with Gasteiger partial charge in [-0.25, -0.2) is 0 Å². The average Bonchev–Trinajstić information content (AvgIpc) is 3.65. The number of hydrogen-bond donors (Lipinski definition) is 3. The Hall–Kier alpha value is -3.47. The maximum Gasteiger partial charge on any atom is 0.246 e. The Bertz CT molecular complexity index is 1150. The smallest absolute Gasteiger partial charge is 0.246 e. The molecule has 0 radical (unpaired) electrons. The molecule has 0 aromatic heterocycles. The molecule has 4 unspecified atom stereocenters. The van der Waals surface area contributed by atoms with Gasteiger partial charge in [0.05, 0.1) is 18.5 Å². The van der Waals surface area contributed by atoms with E-state index in [4.69, 9.17) is 0 Å². The lowest BCUT2D eigenvalue weighted by molar-refractivity contribution is -0.149. The van der Waals surface area contributed by atoms with Gasteiger partial charge in [-0.2, -0.15) is 0 Å². The lowest BCUT2D eigenvalue weighted by Gasteiger charge is -2.36. The molecule has 244 valence electrons. The minimum absolute atomic E-state index is 0.0595. The molecule has 1 aromatic carbocycles. The minimum atomic E-state index is -0.787. The van der Waals surface area contributed by atoms with Gasteiger partial charge in [0.2, 0.25) is 29.5 Å². The highest BCUT2D eigenvalue weighted by Gasteiger charge is 2.42. The zero-order chi connectivity index (χ0) is 32.6. The van der Waals surface area contributed by atoms with Crippen molar-refractivity contribution in [3.05, 3.63) is 35.9 Å². The van der Waals surface area contributed by atoms with Crippen molar-refractivity contribution in [1.82, 2.24) is 30.7 Å². The molecule has 1 saturated heterocycles. The first-order valence-corrected chi connectivity index (χ1v) is 16.0. The summed E-state index contributed by atoms with van der Waals surface area (Å²) in [4.78, 5) is 71.2. The molecule has 5 atom stereocenters. The van der Waals surface area contributed by atoms with Crippen molar-refractivity contribution in [3.8, 4) is 0 Å². The van der Waals surface area contributed by atoms with Crippen LogP contribution >= 0.6 is 0 Å². The van der Waals surface area contributed by atoms with Gasteiger partial charge in [0.1, 0.15) is 12.1 Å². The molecule has 0 bridgehead atoms. The number of amides is 5. The standard InChI is InChI=1S/C33H52N6O5/c1-21(2)28(37(5)6)32(43)35-20-27(40)38(7)29(22(3)4)33(44)39-18-12-17-26(39)31(42)36-25-16-11-15-24(25)30(41)34-19-23-13-9-8-10-14-23/h8-10,13-14,21-22,24-26,28-29H,11-12,15-20H2,1-7H3,(H,34,41)(H,35,43)(H,36,42)/t24?,25?,26-,28?,29?/m0/s1. The molecule has 1 aliphatic carbocycles. The quantitative estimate of drug-likeness (QED) is 0.311. The lowest BCUT2D eigenvalue weighted by Crippen LogP contribution is -2.58. The Kier molecular flexibility index (Phi) is 12.7. The number of likely N-dealkylation sites (tertiary alicyclic amines) is 1. The molecule has 3 rings (SSSR count). The van der Waals surface area contributed by atoms with Crippen LogP contribution in [0.3, 0.4) is 0 Å². The molecule has 1 aliphatic heterocycles. The summed E-state index contributed by atoms with van der Waals surface area (Å²) in [7, 11) is 5.22. The molecule has 1 aromatic rings. The van der Waals surface area contributed by atoms with Crippen LogP contribution in [-0.2, 0) is 30.5 Å². The van der Waals surface area contributed by atoms with Gasteiger partial charge in [0.25, 0.3) is 0 Å². The van der Waals surface area contributed by atoms with E-state index in [-0.39, 0.29) is 65.9 Å². The summed E-state index contributed by atoms with van der Waals surface area (Å²) in [6.45, 7) is 8.26. The third kappa shape index (κ3) is 8.80. The van der Waals surface area contributed by atoms with E-state index in [2.05, 4.69) is 16.0 Å². The normalized spacial score (nSPS) is 21.3. The van der Waals surface area contributed by atoms with Crippen LogP contribution in [0.5, 0.6) is 0 Å². The molecule has 5 amide bonds. The largest absolute Gasteiger partial charge is 0.352 e. The fourth-order valence-electron chi connectivity index (χ4n) is 6.69. The van der Waals surface area contributed by atoms with Gasteiger partial charge in [-0.05, 0) is 57.2 Å². The summed E-state index contributed by atoms with van der Waals surface area (Å²) in [5.41, 5.74) is 1.01. The van der Waals surface area contributed by atoms with Crippen molar-refractivity contribution >= 4 is 29.5 Å². The zero-order valence-electron chi connectivity index (χ0n) is 27.5. The summed E-state index contributed by atoms with van der Waals surface area (Å²) in [5, 5.41) is 8.83. The van der Waals surface area contributed by atoms with E-state index in [9.17, 15) is 24.0 Å². The van der Waals surface area contributed by atoms with E-state index in [0.29, 0.717) is 38.8 Å². The Balaban J connectivity index is 1.61. The van der Waals surface area contributed by atoms with E-state index in [1.807, 2.05) is 77.0 Å². The van der Waals surface area contributed by atoms with Crippen LogP contribution in [0.4, 0.5) is 0 Å². The third-order valence-electron chi connectivity index (χ3n) is 8.89. The maximum atomic E-state index is 13.9.